The van der Waals surface area contributed by atoms with Gasteiger partial charge in [0.2, 0.25) is 15.9 Å². The van der Waals surface area contributed by atoms with E-state index in [2.05, 4.69) is 5.32 Å². The van der Waals surface area contributed by atoms with Gasteiger partial charge in [-0.2, -0.15) is 0 Å². The van der Waals surface area contributed by atoms with Gasteiger partial charge in [-0.1, -0.05) is 0 Å². The summed E-state index contributed by atoms with van der Waals surface area (Å²) >= 11 is 0. The summed E-state index contributed by atoms with van der Waals surface area (Å²) in [6.07, 6.45) is -1.82. The van der Waals surface area contributed by atoms with Gasteiger partial charge in [-0.05, 0) is 30.7 Å². The van der Waals surface area contributed by atoms with Crippen LogP contribution in [0.2, 0.25) is 0 Å². The Hall–Kier alpha value is -1.97. The van der Waals surface area contributed by atoms with Gasteiger partial charge in [-0.3, -0.25) is 4.79 Å². The molecule has 1 aromatic carbocycles. The standard InChI is InChI=1S/C12H14N2O6S/c1-6-8-4-7(2-3-9(8)14-11(6)16)21(19,20)13-5-10(15)12(17)18/h2-4,6,10,13,15H,5H2,1H3,(H,14,16)(H,17,18). The third-order valence-electron chi connectivity index (χ3n) is 3.20. The molecule has 0 saturated heterocycles. The van der Waals surface area contributed by atoms with Crippen molar-refractivity contribution in [3.63, 3.8) is 0 Å². The van der Waals surface area contributed by atoms with Crippen molar-refractivity contribution >= 4 is 27.6 Å². The fourth-order valence-electron chi connectivity index (χ4n) is 1.92. The van der Waals surface area contributed by atoms with Crippen molar-refractivity contribution in [2.45, 2.75) is 23.8 Å². The summed E-state index contributed by atoms with van der Waals surface area (Å²) in [6, 6.07) is 4.12. The number of hydrogen-bond acceptors (Lipinski definition) is 5. The summed E-state index contributed by atoms with van der Waals surface area (Å²) in [7, 11) is -3.96. The van der Waals surface area contributed by atoms with Crippen LogP contribution in [0.5, 0.6) is 0 Å². The number of aliphatic hydroxyl groups is 1. The van der Waals surface area contributed by atoms with Crippen LogP contribution in [-0.2, 0) is 19.6 Å². The molecule has 8 nitrogen and oxygen atoms in total. The first-order valence-corrected chi connectivity index (χ1v) is 7.56. The fourth-order valence-corrected chi connectivity index (χ4v) is 2.99. The molecule has 0 bridgehead atoms. The molecule has 2 unspecified atom stereocenters. The largest absolute Gasteiger partial charge is 0.479 e. The number of carboxylic acid groups (broad SMARTS) is 1. The molecule has 0 aliphatic carbocycles. The van der Waals surface area contributed by atoms with Crippen molar-refractivity contribution in [2.75, 3.05) is 11.9 Å². The van der Waals surface area contributed by atoms with Crippen molar-refractivity contribution in [1.29, 1.82) is 0 Å². The van der Waals surface area contributed by atoms with E-state index in [0.717, 1.165) is 0 Å². The molecule has 2 atom stereocenters. The smallest absolute Gasteiger partial charge is 0.333 e. The Balaban J connectivity index is 2.22. The Morgan fingerprint density at radius 2 is 2.14 bits per heavy atom. The molecular formula is C12H14N2O6S. The number of sulfonamides is 1. The Morgan fingerprint density at radius 3 is 2.76 bits per heavy atom. The number of nitrogens with one attached hydrogen (secondary N) is 2. The van der Waals surface area contributed by atoms with Gasteiger partial charge in [-0.25, -0.2) is 17.9 Å². The molecule has 4 N–H and O–H groups in total. The van der Waals surface area contributed by atoms with Crippen LogP contribution < -0.4 is 10.0 Å². The van der Waals surface area contributed by atoms with E-state index in [0.29, 0.717) is 11.3 Å². The topological polar surface area (TPSA) is 133 Å². The highest BCUT2D eigenvalue weighted by Crippen LogP contribution is 2.33. The second-order valence-corrected chi connectivity index (χ2v) is 6.43. The first-order valence-electron chi connectivity index (χ1n) is 6.07. The average molecular weight is 314 g/mol. The molecular weight excluding hydrogens is 300 g/mol. The van der Waals surface area contributed by atoms with Crippen LogP contribution in [0.4, 0.5) is 5.69 Å². The molecule has 21 heavy (non-hydrogen) atoms. The second kappa shape index (κ2) is 5.43. The minimum Gasteiger partial charge on any atom is -0.479 e. The second-order valence-electron chi connectivity index (χ2n) is 4.67. The van der Waals surface area contributed by atoms with E-state index in [1.54, 1.807) is 6.92 Å². The van der Waals surface area contributed by atoms with Gasteiger partial charge in [-0.15, -0.1) is 0 Å². The van der Waals surface area contributed by atoms with Crippen molar-refractivity contribution in [3.8, 4) is 0 Å². The van der Waals surface area contributed by atoms with E-state index >= 15 is 0 Å². The summed E-state index contributed by atoms with van der Waals surface area (Å²) in [5.41, 5.74) is 1.11. The molecule has 9 heteroatoms. The van der Waals surface area contributed by atoms with Crippen LogP contribution in [0.3, 0.4) is 0 Å². The van der Waals surface area contributed by atoms with Gasteiger partial charge in [0.05, 0.1) is 10.8 Å². The van der Waals surface area contributed by atoms with Gasteiger partial charge in [0.15, 0.2) is 6.10 Å². The first-order chi connectivity index (χ1) is 9.72. The van der Waals surface area contributed by atoms with Crippen molar-refractivity contribution in [3.05, 3.63) is 23.8 Å². The van der Waals surface area contributed by atoms with Gasteiger partial charge < -0.3 is 15.5 Å². The Kier molecular flexibility index (Phi) is 3.99. The molecule has 0 radical (unpaired) electrons. The van der Waals surface area contributed by atoms with Crippen LogP contribution in [0.1, 0.15) is 18.4 Å². The van der Waals surface area contributed by atoms with Crippen molar-refractivity contribution in [1.82, 2.24) is 4.72 Å². The van der Waals surface area contributed by atoms with E-state index in [4.69, 9.17) is 10.2 Å². The van der Waals surface area contributed by atoms with E-state index < -0.39 is 34.6 Å². The summed E-state index contributed by atoms with van der Waals surface area (Å²) < 4.78 is 26.1. The number of carbonyl (C=O) groups is 2. The highest BCUT2D eigenvalue weighted by Gasteiger charge is 2.28. The molecule has 114 valence electrons. The number of carbonyl (C=O) groups excluding carboxylic acids is 1. The zero-order chi connectivity index (χ0) is 15.8. The summed E-state index contributed by atoms with van der Waals surface area (Å²) in [5, 5.41) is 20.2. The molecule has 0 fully saturated rings. The third-order valence-corrected chi connectivity index (χ3v) is 4.62. The third kappa shape index (κ3) is 3.04. The summed E-state index contributed by atoms with van der Waals surface area (Å²) in [6.45, 7) is 1.01. The monoisotopic (exact) mass is 314 g/mol. The number of fused-ring (bicyclic) bond motifs is 1. The maximum atomic E-state index is 12.0. The SMILES string of the molecule is CC1C(=O)Nc2ccc(S(=O)(=O)NCC(O)C(=O)O)cc21. The van der Waals surface area contributed by atoms with E-state index in [9.17, 15) is 18.0 Å². The molecule has 2 rings (SSSR count). The average Bonchev–Trinajstić information content (AvgIpc) is 2.71. The van der Waals surface area contributed by atoms with Crippen LogP contribution in [-0.4, -0.2) is 43.2 Å². The van der Waals surface area contributed by atoms with Crippen LogP contribution in [0.15, 0.2) is 23.1 Å². The van der Waals surface area contributed by atoms with E-state index in [-0.39, 0.29) is 10.8 Å². The van der Waals surface area contributed by atoms with E-state index in [1.807, 2.05) is 4.72 Å². The molecule has 1 heterocycles. The molecule has 1 amide bonds. The zero-order valence-corrected chi connectivity index (χ0v) is 11.8. The lowest BCUT2D eigenvalue weighted by Gasteiger charge is -2.10. The maximum absolute atomic E-state index is 12.0. The molecule has 1 aliphatic heterocycles. The summed E-state index contributed by atoms with van der Waals surface area (Å²) in [5.74, 6) is -2.19. The summed E-state index contributed by atoms with van der Waals surface area (Å²) in [4.78, 5) is 21.9. The highest BCUT2D eigenvalue weighted by atomic mass is 32.2. The van der Waals surface area contributed by atoms with Crippen LogP contribution in [0.25, 0.3) is 0 Å². The number of carboxylic acids is 1. The number of hydrogen-bond donors (Lipinski definition) is 4. The predicted octanol–water partition coefficient (Wildman–Crippen LogP) is -0.534. The molecule has 1 aliphatic rings. The fraction of sp³-hybridized carbons (Fsp3) is 0.333. The zero-order valence-electron chi connectivity index (χ0n) is 11.0. The maximum Gasteiger partial charge on any atom is 0.333 e. The molecule has 0 spiro atoms. The minimum atomic E-state index is -3.96. The Labute approximate surface area is 120 Å². The normalized spacial score (nSPS) is 19.0. The van der Waals surface area contributed by atoms with Crippen molar-refractivity contribution < 1.29 is 28.2 Å². The predicted molar refractivity (Wildman–Crippen MR) is 72.3 cm³/mol. The highest BCUT2D eigenvalue weighted by molar-refractivity contribution is 7.89. The number of benzene rings is 1. The van der Waals surface area contributed by atoms with Gasteiger partial charge in [0.25, 0.3) is 0 Å². The van der Waals surface area contributed by atoms with Crippen LogP contribution >= 0.6 is 0 Å². The number of rotatable bonds is 5. The molecule has 0 saturated carbocycles. The number of anilines is 1. The first kappa shape index (κ1) is 15.4. The minimum absolute atomic E-state index is 0.0952. The quantitative estimate of drug-likeness (QED) is 0.577. The van der Waals surface area contributed by atoms with Gasteiger partial charge in [0, 0.05) is 12.2 Å². The van der Waals surface area contributed by atoms with E-state index in [1.165, 1.54) is 18.2 Å². The molecule has 0 aromatic heterocycles. The lowest BCUT2D eigenvalue weighted by molar-refractivity contribution is -0.146. The van der Waals surface area contributed by atoms with Crippen molar-refractivity contribution in [2.24, 2.45) is 0 Å². The lowest BCUT2D eigenvalue weighted by atomic mass is 10.0. The Morgan fingerprint density at radius 1 is 1.48 bits per heavy atom. The van der Waals surface area contributed by atoms with Gasteiger partial charge in [0.1, 0.15) is 0 Å². The Bertz CT molecular complexity index is 700. The number of aliphatic carboxylic acids is 1. The van der Waals surface area contributed by atoms with Gasteiger partial charge >= 0.3 is 5.97 Å². The van der Waals surface area contributed by atoms with Crippen LogP contribution in [0, 0.1) is 0 Å². The lowest BCUT2D eigenvalue weighted by Crippen LogP contribution is -2.36. The number of amides is 1. The molecule has 1 aromatic rings. The number of aliphatic hydroxyl groups excluding tert-OH is 1.